The van der Waals surface area contributed by atoms with E-state index in [0.717, 1.165) is 10.0 Å². The van der Waals surface area contributed by atoms with Crippen LogP contribution in [0.5, 0.6) is 5.75 Å². The van der Waals surface area contributed by atoms with Gasteiger partial charge in [0.25, 0.3) is 5.91 Å². The van der Waals surface area contributed by atoms with Gasteiger partial charge in [-0.25, -0.2) is 9.97 Å². The lowest BCUT2D eigenvalue weighted by Crippen LogP contribution is -2.14. The van der Waals surface area contributed by atoms with Gasteiger partial charge < -0.3 is 10.4 Å². The molecule has 2 N–H and O–H groups in total. The van der Waals surface area contributed by atoms with E-state index >= 15 is 0 Å². The van der Waals surface area contributed by atoms with Gasteiger partial charge >= 0.3 is 0 Å². The first kappa shape index (κ1) is 12.5. The number of aromatic hydroxyl groups is 1. The number of carbonyl (C=O) groups is 1. The highest BCUT2D eigenvalue weighted by Crippen LogP contribution is 2.19. The van der Waals surface area contributed by atoms with Crippen molar-refractivity contribution in [2.45, 2.75) is 6.92 Å². The van der Waals surface area contributed by atoms with Crippen molar-refractivity contribution in [2.75, 3.05) is 5.32 Å². The van der Waals surface area contributed by atoms with Crippen LogP contribution in [-0.4, -0.2) is 21.0 Å². The summed E-state index contributed by atoms with van der Waals surface area (Å²) >= 11 is 3.32. The lowest BCUT2D eigenvalue weighted by atomic mass is 10.3. The quantitative estimate of drug-likeness (QED) is 0.894. The lowest BCUT2D eigenvalue weighted by molar-refractivity contribution is 0.101. The minimum absolute atomic E-state index is 0.0279. The number of nitrogens with one attached hydrogen (secondary N) is 1. The molecule has 0 radical (unpaired) electrons. The third-order valence-electron chi connectivity index (χ3n) is 2.29. The molecule has 6 heteroatoms. The van der Waals surface area contributed by atoms with Crippen molar-refractivity contribution in [1.82, 2.24) is 9.97 Å². The highest BCUT2D eigenvalue weighted by atomic mass is 79.9. The summed E-state index contributed by atoms with van der Waals surface area (Å²) < 4.78 is 0.862. The van der Waals surface area contributed by atoms with Crippen LogP contribution in [0.4, 0.5) is 5.82 Å². The van der Waals surface area contributed by atoms with Crippen molar-refractivity contribution in [1.29, 1.82) is 0 Å². The van der Waals surface area contributed by atoms with E-state index in [2.05, 4.69) is 31.2 Å². The number of amides is 1. The summed E-state index contributed by atoms with van der Waals surface area (Å²) in [6, 6.07) is 4.68. The molecule has 0 aliphatic carbocycles. The summed E-state index contributed by atoms with van der Waals surface area (Å²) in [7, 11) is 0. The molecule has 2 heterocycles. The average molecular weight is 308 g/mol. The number of nitrogens with zero attached hydrogens (tertiary/aromatic N) is 2. The van der Waals surface area contributed by atoms with E-state index in [-0.39, 0.29) is 11.4 Å². The summed E-state index contributed by atoms with van der Waals surface area (Å²) in [6.07, 6.45) is 3.04. The zero-order valence-corrected chi connectivity index (χ0v) is 11.1. The third-order valence-corrected chi connectivity index (χ3v) is 3.12. The van der Waals surface area contributed by atoms with Crippen LogP contribution in [0.1, 0.15) is 16.1 Å². The minimum atomic E-state index is -0.498. The van der Waals surface area contributed by atoms with E-state index in [1.165, 1.54) is 12.3 Å². The van der Waals surface area contributed by atoms with Crippen molar-refractivity contribution in [2.24, 2.45) is 0 Å². The Morgan fingerprint density at radius 1 is 1.44 bits per heavy atom. The van der Waals surface area contributed by atoms with E-state index in [4.69, 9.17) is 0 Å². The number of rotatable bonds is 2. The lowest BCUT2D eigenvalue weighted by Gasteiger charge is -2.06. The fraction of sp³-hybridized carbons (Fsp3) is 0.0833. The fourth-order valence-corrected chi connectivity index (χ4v) is 1.57. The molecule has 18 heavy (non-hydrogen) atoms. The van der Waals surface area contributed by atoms with Gasteiger partial charge in [0.05, 0.1) is 0 Å². The van der Waals surface area contributed by atoms with E-state index in [1.54, 1.807) is 18.3 Å². The maximum absolute atomic E-state index is 11.8. The molecule has 0 aliphatic rings. The van der Waals surface area contributed by atoms with Gasteiger partial charge in [-0.2, -0.15) is 0 Å². The maximum Gasteiger partial charge on any atom is 0.279 e. The number of aromatic nitrogens is 2. The third kappa shape index (κ3) is 2.65. The molecule has 0 aromatic carbocycles. The SMILES string of the molecule is Cc1cc(NC(=O)c2ncccc2O)ncc1Br. The first-order valence-corrected chi connectivity index (χ1v) is 5.94. The molecule has 5 nitrogen and oxygen atoms in total. The standard InChI is InChI=1S/C12H10BrN3O2/c1-7-5-10(15-6-8(7)13)16-12(18)11-9(17)3-2-4-14-11/h2-6,17H,1H3,(H,15,16,18). The number of aryl methyl sites for hydroxylation is 1. The van der Waals surface area contributed by atoms with E-state index < -0.39 is 5.91 Å². The van der Waals surface area contributed by atoms with Gasteiger partial charge in [-0.15, -0.1) is 0 Å². The van der Waals surface area contributed by atoms with Gasteiger partial charge in [0.15, 0.2) is 5.69 Å². The van der Waals surface area contributed by atoms with Crippen molar-refractivity contribution in [3.63, 3.8) is 0 Å². The Hall–Kier alpha value is -1.95. The van der Waals surface area contributed by atoms with Crippen LogP contribution in [-0.2, 0) is 0 Å². The van der Waals surface area contributed by atoms with Crippen molar-refractivity contribution in [3.05, 3.63) is 46.3 Å². The topological polar surface area (TPSA) is 75.1 Å². The smallest absolute Gasteiger partial charge is 0.279 e. The van der Waals surface area contributed by atoms with Gasteiger partial charge in [-0.3, -0.25) is 4.79 Å². The fourth-order valence-electron chi connectivity index (χ4n) is 1.35. The van der Waals surface area contributed by atoms with Gasteiger partial charge in [0.2, 0.25) is 0 Å². The first-order chi connectivity index (χ1) is 8.58. The molecule has 2 aromatic rings. The van der Waals surface area contributed by atoms with Crippen LogP contribution in [0.3, 0.4) is 0 Å². The largest absolute Gasteiger partial charge is 0.505 e. The number of hydrogen-bond donors (Lipinski definition) is 2. The van der Waals surface area contributed by atoms with Crippen LogP contribution in [0, 0.1) is 6.92 Å². The Kier molecular flexibility index (Phi) is 3.57. The maximum atomic E-state index is 11.8. The van der Waals surface area contributed by atoms with E-state index in [0.29, 0.717) is 5.82 Å². The van der Waals surface area contributed by atoms with Gasteiger partial charge in [0, 0.05) is 16.9 Å². The Balaban J connectivity index is 2.22. The van der Waals surface area contributed by atoms with Crippen molar-refractivity contribution >= 4 is 27.7 Å². The normalized spacial score (nSPS) is 10.1. The molecular weight excluding hydrogens is 298 g/mol. The minimum Gasteiger partial charge on any atom is -0.505 e. The average Bonchev–Trinajstić information content (AvgIpc) is 2.34. The van der Waals surface area contributed by atoms with Crippen LogP contribution in [0.25, 0.3) is 0 Å². The molecule has 0 spiro atoms. The molecule has 2 rings (SSSR count). The van der Waals surface area contributed by atoms with Crippen LogP contribution in [0.15, 0.2) is 35.1 Å². The summed E-state index contributed by atoms with van der Waals surface area (Å²) in [5.74, 6) is -0.253. The monoisotopic (exact) mass is 307 g/mol. The molecular formula is C12H10BrN3O2. The summed E-state index contributed by atoms with van der Waals surface area (Å²) in [4.78, 5) is 19.7. The van der Waals surface area contributed by atoms with Gasteiger partial charge in [-0.1, -0.05) is 0 Å². The van der Waals surface area contributed by atoms with Crippen LogP contribution in [0.2, 0.25) is 0 Å². The summed E-state index contributed by atoms with van der Waals surface area (Å²) in [5, 5.41) is 12.1. The molecule has 0 saturated carbocycles. The number of anilines is 1. The molecule has 0 saturated heterocycles. The molecule has 0 aliphatic heterocycles. The molecule has 1 amide bonds. The molecule has 0 atom stereocenters. The second kappa shape index (κ2) is 5.14. The molecule has 0 unspecified atom stereocenters. The molecule has 92 valence electrons. The number of halogens is 1. The molecule has 2 aromatic heterocycles. The predicted molar refractivity (Wildman–Crippen MR) is 70.5 cm³/mol. The summed E-state index contributed by atoms with van der Waals surface area (Å²) in [5.41, 5.74) is 0.922. The Morgan fingerprint density at radius 3 is 2.89 bits per heavy atom. The zero-order chi connectivity index (χ0) is 13.1. The Morgan fingerprint density at radius 2 is 2.22 bits per heavy atom. The van der Waals surface area contributed by atoms with Crippen molar-refractivity contribution in [3.8, 4) is 5.75 Å². The van der Waals surface area contributed by atoms with Gasteiger partial charge in [0.1, 0.15) is 11.6 Å². The first-order valence-electron chi connectivity index (χ1n) is 5.15. The summed E-state index contributed by atoms with van der Waals surface area (Å²) in [6.45, 7) is 1.89. The van der Waals surface area contributed by atoms with Crippen LogP contribution < -0.4 is 5.32 Å². The number of pyridine rings is 2. The molecule has 0 bridgehead atoms. The highest BCUT2D eigenvalue weighted by Gasteiger charge is 2.13. The Bertz CT molecular complexity index is 602. The number of carbonyl (C=O) groups excluding carboxylic acids is 1. The molecule has 0 fully saturated rings. The van der Waals surface area contributed by atoms with E-state index in [9.17, 15) is 9.90 Å². The van der Waals surface area contributed by atoms with Crippen LogP contribution >= 0.6 is 15.9 Å². The van der Waals surface area contributed by atoms with E-state index in [1.807, 2.05) is 6.92 Å². The second-order valence-corrected chi connectivity index (χ2v) is 4.50. The van der Waals surface area contributed by atoms with Crippen molar-refractivity contribution < 1.29 is 9.90 Å². The van der Waals surface area contributed by atoms with Gasteiger partial charge in [-0.05, 0) is 46.6 Å². The zero-order valence-electron chi connectivity index (χ0n) is 9.51. The Labute approximate surface area is 112 Å². The second-order valence-electron chi connectivity index (χ2n) is 3.64. The highest BCUT2D eigenvalue weighted by molar-refractivity contribution is 9.10. The number of hydrogen-bond acceptors (Lipinski definition) is 4. The predicted octanol–water partition coefficient (Wildman–Crippen LogP) is 2.51.